The lowest BCUT2D eigenvalue weighted by Crippen LogP contribution is -2.31. The number of amides is 1. The third kappa shape index (κ3) is 3.14. The summed E-state index contributed by atoms with van der Waals surface area (Å²) in [7, 11) is 0. The molecule has 0 radical (unpaired) electrons. The average molecular weight is 303 g/mol. The lowest BCUT2D eigenvalue weighted by atomic mass is 10.3. The summed E-state index contributed by atoms with van der Waals surface area (Å²) >= 11 is 1.56. The van der Waals surface area contributed by atoms with E-state index in [4.69, 9.17) is 0 Å². The summed E-state index contributed by atoms with van der Waals surface area (Å²) in [6.45, 7) is 1.87. The molecule has 108 valence electrons. The highest BCUT2D eigenvalue weighted by molar-refractivity contribution is 7.08. The van der Waals surface area contributed by atoms with Crippen LogP contribution in [0.2, 0.25) is 0 Å². The zero-order valence-electron chi connectivity index (χ0n) is 11.2. The van der Waals surface area contributed by atoms with Crippen LogP contribution < -0.4 is 5.32 Å². The number of H-pyrrole nitrogens is 1. The summed E-state index contributed by atoms with van der Waals surface area (Å²) in [5, 5.41) is 18.7. The first-order valence-electron chi connectivity index (χ1n) is 6.31. The number of imidazole rings is 1. The number of tetrazole rings is 1. The molecule has 3 aromatic rings. The fourth-order valence-electron chi connectivity index (χ4n) is 1.82. The predicted octanol–water partition coefficient (Wildman–Crippen LogP) is 1.00. The van der Waals surface area contributed by atoms with Gasteiger partial charge in [0.15, 0.2) is 0 Å². The SMILES string of the molecule is CC(NC(=O)Cn1nnc(-c2ccsc2)n1)c1ncc[nH]1. The Morgan fingerprint density at radius 3 is 3.19 bits per heavy atom. The number of aromatic nitrogens is 6. The second-order valence-electron chi connectivity index (χ2n) is 4.42. The molecule has 0 aliphatic rings. The Hall–Kier alpha value is -2.55. The average Bonchev–Trinajstić information content (AvgIpc) is 3.21. The van der Waals surface area contributed by atoms with E-state index in [-0.39, 0.29) is 18.5 Å². The molecular weight excluding hydrogens is 290 g/mol. The molecule has 0 saturated carbocycles. The van der Waals surface area contributed by atoms with Crippen molar-refractivity contribution in [1.29, 1.82) is 0 Å². The minimum absolute atomic E-state index is 0.0161. The monoisotopic (exact) mass is 303 g/mol. The van der Waals surface area contributed by atoms with Crippen molar-refractivity contribution in [3.8, 4) is 11.4 Å². The highest BCUT2D eigenvalue weighted by Gasteiger charge is 2.13. The number of carbonyl (C=O) groups is 1. The molecule has 0 aromatic carbocycles. The minimum Gasteiger partial charge on any atom is -0.347 e. The van der Waals surface area contributed by atoms with Crippen molar-refractivity contribution in [2.24, 2.45) is 0 Å². The molecule has 0 aliphatic carbocycles. The van der Waals surface area contributed by atoms with Crippen LogP contribution in [-0.2, 0) is 11.3 Å². The number of rotatable bonds is 5. The van der Waals surface area contributed by atoms with Crippen LogP contribution in [-0.4, -0.2) is 36.1 Å². The molecule has 3 heterocycles. The number of hydrogen-bond acceptors (Lipinski definition) is 6. The van der Waals surface area contributed by atoms with E-state index in [0.717, 1.165) is 5.56 Å². The van der Waals surface area contributed by atoms with Gasteiger partial charge in [0.05, 0.1) is 6.04 Å². The molecule has 1 atom stereocenters. The Labute approximate surface area is 124 Å². The van der Waals surface area contributed by atoms with Crippen molar-refractivity contribution in [2.45, 2.75) is 19.5 Å². The van der Waals surface area contributed by atoms with Crippen molar-refractivity contribution in [2.75, 3.05) is 0 Å². The molecule has 21 heavy (non-hydrogen) atoms. The van der Waals surface area contributed by atoms with Crippen LogP contribution in [0.15, 0.2) is 29.2 Å². The van der Waals surface area contributed by atoms with Gasteiger partial charge in [0, 0.05) is 23.3 Å². The Morgan fingerprint density at radius 1 is 1.57 bits per heavy atom. The van der Waals surface area contributed by atoms with Crippen LogP contribution >= 0.6 is 11.3 Å². The van der Waals surface area contributed by atoms with E-state index < -0.39 is 0 Å². The Balaban J connectivity index is 1.60. The highest BCUT2D eigenvalue weighted by atomic mass is 32.1. The highest BCUT2D eigenvalue weighted by Crippen LogP contribution is 2.16. The van der Waals surface area contributed by atoms with Gasteiger partial charge in [-0.3, -0.25) is 4.79 Å². The fraction of sp³-hybridized carbons (Fsp3) is 0.250. The van der Waals surface area contributed by atoms with Gasteiger partial charge in [0.25, 0.3) is 0 Å². The molecule has 0 fully saturated rings. The largest absolute Gasteiger partial charge is 0.347 e. The lowest BCUT2D eigenvalue weighted by Gasteiger charge is -2.10. The molecule has 0 bridgehead atoms. The molecule has 8 nitrogen and oxygen atoms in total. The Kier molecular flexibility index (Phi) is 3.73. The normalized spacial score (nSPS) is 12.2. The van der Waals surface area contributed by atoms with Gasteiger partial charge in [-0.2, -0.15) is 16.1 Å². The van der Waals surface area contributed by atoms with Crippen LogP contribution in [0.5, 0.6) is 0 Å². The third-order valence-corrected chi connectivity index (χ3v) is 3.51. The van der Waals surface area contributed by atoms with E-state index in [1.807, 2.05) is 23.8 Å². The van der Waals surface area contributed by atoms with E-state index in [2.05, 4.69) is 30.7 Å². The summed E-state index contributed by atoms with van der Waals surface area (Å²) in [5.41, 5.74) is 0.899. The zero-order chi connectivity index (χ0) is 14.7. The van der Waals surface area contributed by atoms with Gasteiger partial charge in [0.2, 0.25) is 11.7 Å². The third-order valence-electron chi connectivity index (χ3n) is 2.82. The van der Waals surface area contributed by atoms with Crippen LogP contribution in [0.3, 0.4) is 0 Å². The number of aromatic amines is 1. The molecular formula is C12H13N7OS. The van der Waals surface area contributed by atoms with Crippen molar-refractivity contribution < 1.29 is 4.79 Å². The molecule has 2 N–H and O–H groups in total. The summed E-state index contributed by atoms with van der Waals surface area (Å²) in [6.07, 6.45) is 3.36. The van der Waals surface area contributed by atoms with Crippen LogP contribution in [0, 0.1) is 0 Å². The first kappa shape index (κ1) is 13.4. The maximum Gasteiger partial charge on any atom is 0.244 e. The Morgan fingerprint density at radius 2 is 2.48 bits per heavy atom. The van der Waals surface area contributed by atoms with Crippen LogP contribution in [0.1, 0.15) is 18.8 Å². The number of carbonyl (C=O) groups excluding carboxylic acids is 1. The first-order valence-corrected chi connectivity index (χ1v) is 7.25. The van der Waals surface area contributed by atoms with E-state index in [1.54, 1.807) is 23.7 Å². The molecule has 3 rings (SSSR count). The van der Waals surface area contributed by atoms with Crippen molar-refractivity contribution in [3.05, 3.63) is 35.0 Å². The van der Waals surface area contributed by atoms with E-state index in [1.165, 1.54) is 4.80 Å². The van der Waals surface area contributed by atoms with Gasteiger partial charge < -0.3 is 10.3 Å². The maximum absolute atomic E-state index is 11.9. The number of nitrogens with zero attached hydrogens (tertiary/aromatic N) is 5. The predicted molar refractivity (Wildman–Crippen MR) is 76.3 cm³/mol. The van der Waals surface area contributed by atoms with Gasteiger partial charge in [-0.1, -0.05) is 0 Å². The van der Waals surface area contributed by atoms with Gasteiger partial charge >= 0.3 is 0 Å². The minimum atomic E-state index is -0.202. The molecule has 0 aliphatic heterocycles. The van der Waals surface area contributed by atoms with Gasteiger partial charge in [-0.25, -0.2) is 4.98 Å². The van der Waals surface area contributed by atoms with Crippen molar-refractivity contribution >= 4 is 17.2 Å². The first-order chi connectivity index (χ1) is 10.2. The second-order valence-corrected chi connectivity index (χ2v) is 5.20. The summed E-state index contributed by atoms with van der Waals surface area (Å²) in [5.74, 6) is 1.02. The van der Waals surface area contributed by atoms with Crippen LogP contribution in [0.25, 0.3) is 11.4 Å². The van der Waals surface area contributed by atoms with Gasteiger partial charge in [0.1, 0.15) is 12.4 Å². The fourth-order valence-corrected chi connectivity index (χ4v) is 2.45. The Bertz CT molecular complexity index is 704. The molecule has 3 aromatic heterocycles. The maximum atomic E-state index is 11.9. The number of hydrogen-bond donors (Lipinski definition) is 2. The molecule has 9 heteroatoms. The van der Waals surface area contributed by atoms with Crippen molar-refractivity contribution in [3.63, 3.8) is 0 Å². The number of thiophene rings is 1. The quantitative estimate of drug-likeness (QED) is 0.732. The van der Waals surface area contributed by atoms with Gasteiger partial charge in [-0.05, 0) is 23.6 Å². The lowest BCUT2D eigenvalue weighted by molar-refractivity contribution is -0.122. The molecule has 0 spiro atoms. The van der Waals surface area contributed by atoms with Crippen molar-refractivity contribution in [1.82, 2.24) is 35.5 Å². The molecule has 0 saturated heterocycles. The topological polar surface area (TPSA) is 101 Å². The van der Waals surface area contributed by atoms with Gasteiger partial charge in [-0.15, -0.1) is 10.2 Å². The summed E-state index contributed by atoms with van der Waals surface area (Å²) in [4.78, 5) is 20.3. The molecule has 1 unspecified atom stereocenters. The second kappa shape index (κ2) is 5.83. The van der Waals surface area contributed by atoms with Crippen LogP contribution in [0.4, 0.5) is 0 Å². The zero-order valence-corrected chi connectivity index (χ0v) is 12.0. The number of nitrogens with one attached hydrogen (secondary N) is 2. The van der Waals surface area contributed by atoms with E-state index in [0.29, 0.717) is 11.6 Å². The smallest absolute Gasteiger partial charge is 0.244 e. The summed E-state index contributed by atoms with van der Waals surface area (Å²) < 4.78 is 0. The standard InChI is InChI=1S/C12H13N7OS/c1-8(11-13-3-4-14-11)15-10(20)6-19-17-12(16-18-19)9-2-5-21-7-9/h2-5,7-8H,6H2,1H3,(H,13,14)(H,15,20). The van der Waals surface area contributed by atoms with E-state index in [9.17, 15) is 4.79 Å². The van der Waals surface area contributed by atoms with E-state index >= 15 is 0 Å². The summed E-state index contributed by atoms with van der Waals surface area (Å²) in [6, 6.07) is 1.71. The molecule has 1 amide bonds.